The van der Waals surface area contributed by atoms with Gasteiger partial charge < -0.3 is 14.3 Å². The first kappa shape index (κ1) is 20.7. The summed E-state index contributed by atoms with van der Waals surface area (Å²) in [4.78, 5) is 8.97. The number of rotatable bonds is 5. The quantitative estimate of drug-likeness (QED) is 0.286. The van der Waals surface area contributed by atoms with Gasteiger partial charge in [-0.3, -0.25) is 4.99 Å². The molecule has 0 amide bonds. The molecule has 0 fully saturated rings. The Morgan fingerprint density at radius 3 is 2.77 bits per heavy atom. The van der Waals surface area contributed by atoms with Crippen LogP contribution in [0.1, 0.15) is 12.5 Å². The predicted molar refractivity (Wildman–Crippen MR) is 124 cm³/mol. The van der Waals surface area contributed by atoms with E-state index in [2.05, 4.69) is 25.9 Å². The van der Waals surface area contributed by atoms with Gasteiger partial charge in [-0.15, -0.1) is 0 Å². The van der Waals surface area contributed by atoms with Crippen LogP contribution in [0.4, 0.5) is 5.69 Å². The highest BCUT2D eigenvalue weighted by Gasteiger charge is 2.13. The number of nitrogens with zero attached hydrogens (tertiary/aromatic N) is 2. The number of benzene rings is 3. The Hall–Kier alpha value is -2.54. The van der Waals surface area contributed by atoms with Crippen molar-refractivity contribution in [1.29, 1.82) is 0 Å². The monoisotopic (exact) mass is 504 g/mol. The zero-order chi connectivity index (χ0) is 21.3. The Morgan fingerprint density at radius 2 is 2.00 bits per heavy atom. The minimum absolute atomic E-state index is 0.0333. The molecule has 0 saturated heterocycles. The first-order valence-electron chi connectivity index (χ1n) is 9.00. The summed E-state index contributed by atoms with van der Waals surface area (Å²) in [6, 6.07) is 14.0. The minimum atomic E-state index is 0.0333. The van der Waals surface area contributed by atoms with E-state index >= 15 is 0 Å². The number of hydrogen-bond acceptors (Lipinski definition) is 5. The summed E-state index contributed by atoms with van der Waals surface area (Å²) in [5.41, 5.74) is 3.09. The maximum atomic E-state index is 10.4. The standard InChI is InChI=1S/C22H15BrCl2N2O3/c1-2-29-20-8-13(23)7-12(21(20)28)11-26-15-4-6-19-18(10-15)27-22(30-19)16-5-3-14(24)9-17(16)25/h3-11,28H,2H2,1H3. The van der Waals surface area contributed by atoms with Crippen LogP contribution in [-0.4, -0.2) is 22.9 Å². The lowest BCUT2D eigenvalue weighted by Gasteiger charge is -2.08. The van der Waals surface area contributed by atoms with Crippen LogP contribution in [0.2, 0.25) is 10.0 Å². The normalized spacial score (nSPS) is 11.5. The summed E-state index contributed by atoms with van der Waals surface area (Å²) >= 11 is 15.6. The van der Waals surface area contributed by atoms with Crippen molar-refractivity contribution in [2.24, 2.45) is 4.99 Å². The number of phenols is 1. The average molecular weight is 506 g/mol. The van der Waals surface area contributed by atoms with Gasteiger partial charge in [-0.2, -0.15) is 0 Å². The number of hydrogen-bond donors (Lipinski definition) is 1. The second kappa shape index (κ2) is 8.68. The SMILES string of the molecule is CCOc1cc(Br)cc(C=Nc2ccc3oc(-c4ccc(Cl)cc4Cl)nc3c2)c1O. The molecule has 0 aliphatic heterocycles. The van der Waals surface area contributed by atoms with Gasteiger partial charge in [0.05, 0.1) is 22.9 Å². The Morgan fingerprint density at radius 1 is 1.17 bits per heavy atom. The highest BCUT2D eigenvalue weighted by Crippen LogP contribution is 2.34. The molecule has 8 heteroatoms. The Labute approximate surface area is 191 Å². The van der Waals surface area contributed by atoms with Crippen molar-refractivity contribution in [2.75, 3.05) is 6.61 Å². The van der Waals surface area contributed by atoms with Gasteiger partial charge in [0.1, 0.15) is 5.52 Å². The lowest BCUT2D eigenvalue weighted by Crippen LogP contribution is -1.94. The Kier molecular flexibility index (Phi) is 5.99. The van der Waals surface area contributed by atoms with E-state index in [4.69, 9.17) is 32.4 Å². The van der Waals surface area contributed by atoms with Gasteiger partial charge in [0.15, 0.2) is 17.1 Å². The highest BCUT2D eigenvalue weighted by atomic mass is 79.9. The van der Waals surface area contributed by atoms with Gasteiger partial charge in [-0.25, -0.2) is 4.98 Å². The summed E-state index contributed by atoms with van der Waals surface area (Å²) in [5, 5.41) is 11.4. The van der Waals surface area contributed by atoms with Gasteiger partial charge in [0.25, 0.3) is 0 Å². The Bertz CT molecular complexity index is 1270. The topological polar surface area (TPSA) is 67.9 Å². The van der Waals surface area contributed by atoms with Crippen LogP contribution in [0, 0.1) is 0 Å². The molecule has 4 aromatic rings. The largest absolute Gasteiger partial charge is 0.504 e. The number of oxazole rings is 1. The molecule has 5 nitrogen and oxygen atoms in total. The molecule has 30 heavy (non-hydrogen) atoms. The van der Waals surface area contributed by atoms with Crippen LogP contribution < -0.4 is 4.74 Å². The molecule has 0 aliphatic rings. The van der Waals surface area contributed by atoms with Crippen LogP contribution >= 0.6 is 39.1 Å². The van der Waals surface area contributed by atoms with E-state index in [9.17, 15) is 5.11 Å². The first-order valence-corrected chi connectivity index (χ1v) is 10.5. The summed E-state index contributed by atoms with van der Waals surface area (Å²) in [6.07, 6.45) is 1.57. The highest BCUT2D eigenvalue weighted by molar-refractivity contribution is 9.10. The van der Waals surface area contributed by atoms with Crippen molar-refractivity contribution < 1.29 is 14.3 Å². The minimum Gasteiger partial charge on any atom is -0.504 e. The van der Waals surface area contributed by atoms with E-state index in [1.807, 2.05) is 6.92 Å². The molecule has 0 saturated carbocycles. The van der Waals surface area contributed by atoms with Crippen LogP contribution in [0.25, 0.3) is 22.6 Å². The van der Waals surface area contributed by atoms with Gasteiger partial charge in [-0.05, 0) is 55.5 Å². The second-order valence-electron chi connectivity index (χ2n) is 6.33. The van der Waals surface area contributed by atoms with Crippen LogP contribution in [0.5, 0.6) is 11.5 Å². The lowest BCUT2D eigenvalue weighted by molar-refractivity contribution is 0.317. The molecule has 0 unspecified atom stereocenters. The van der Waals surface area contributed by atoms with Crippen molar-refractivity contribution in [1.82, 2.24) is 4.98 Å². The van der Waals surface area contributed by atoms with Crippen molar-refractivity contribution in [3.63, 3.8) is 0 Å². The molecule has 1 heterocycles. The molecule has 0 spiro atoms. The summed E-state index contributed by atoms with van der Waals surface area (Å²) in [6.45, 7) is 2.30. The van der Waals surface area contributed by atoms with Crippen LogP contribution in [0.3, 0.4) is 0 Å². The average Bonchev–Trinajstić information content (AvgIpc) is 3.12. The molecule has 0 radical (unpaired) electrons. The van der Waals surface area contributed by atoms with Crippen molar-refractivity contribution in [2.45, 2.75) is 6.92 Å². The maximum Gasteiger partial charge on any atom is 0.228 e. The van der Waals surface area contributed by atoms with Gasteiger partial charge >= 0.3 is 0 Å². The number of aromatic hydroxyl groups is 1. The lowest BCUT2D eigenvalue weighted by atomic mass is 10.2. The third kappa shape index (κ3) is 4.31. The van der Waals surface area contributed by atoms with E-state index in [0.717, 1.165) is 4.47 Å². The molecule has 1 N–H and O–H groups in total. The smallest absolute Gasteiger partial charge is 0.228 e. The third-order valence-corrected chi connectivity index (χ3v) is 5.26. The molecule has 3 aromatic carbocycles. The molecule has 4 rings (SSSR count). The van der Waals surface area contributed by atoms with Crippen LogP contribution in [0.15, 0.2) is 62.4 Å². The third-order valence-electron chi connectivity index (χ3n) is 4.25. The van der Waals surface area contributed by atoms with Crippen molar-refractivity contribution in [3.05, 3.63) is 68.6 Å². The van der Waals surface area contributed by atoms with Gasteiger partial charge in [0.2, 0.25) is 5.89 Å². The fraction of sp³-hybridized carbons (Fsp3) is 0.0909. The first-order chi connectivity index (χ1) is 14.4. The number of aromatic nitrogens is 1. The number of halogens is 3. The van der Waals surface area contributed by atoms with Crippen molar-refractivity contribution in [3.8, 4) is 23.0 Å². The second-order valence-corrected chi connectivity index (χ2v) is 8.09. The number of phenolic OH excluding ortho intramolecular Hbond substituents is 1. The van der Waals surface area contributed by atoms with Crippen LogP contribution in [-0.2, 0) is 0 Å². The molecule has 152 valence electrons. The van der Waals surface area contributed by atoms with E-state index in [0.29, 0.717) is 56.2 Å². The molecular formula is C22H15BrCl2N2O3. The van der Waals surface area contributed by atoms with E-state index in [1.165, 1.54) is 0 Å². The molecular weight excluding hydrogens is 491 g/mol. The zero-order valence-electron chi connectivity index (χ0n) is 15.7. The van der Waals surface area contributed by atoms with Crippen molar-refractivity contribution >= 4 is 62.1 Å². The Balaban J connectivity index is 1.66. The fourth-order valence-corrected chi connectivity index (χ4v) is 3.82. The summed E-state index contributed by atoms with van der Waals surface area (Å²) in [7, 11) is 0. The number of aliphatic imine (C=N–C) groups is 1. The fourth-order valence-electron chi connectivity index (χ4n) is 2.88. The molecule has 0 aliphatic carbocycles. The van der Waals surface area contributed by atoms with Gasteiger partial charge in [-0.1, -0.05) is 39.1 Å². The van der Waals surface area contributed by atoms with E-state index in [-0.39, 0.29) is 5.75 Å². The molecule has 0 atom stereocenters. The van der Waals surface area contributed by atoms with E-state index < -0.39 is 0 Å². The number of ether oxygens (including phenoxy) is 1. The summed E-state index contributed by atoms with van der Waals surface area (Å²) in [5.74, 6) is 0.828. The maximum absolute atomic E-state index is 10.4. The molecule has 1 aromatic heterocycles. The van der Waals surface area contributed by atoms with E-state index in [1.54, 1.807) is 54.7 Å². The predicted octanol–water partition coefficient (Wildman–Crippen LogP) is 7.42. The summed E-state index contributed by atoms with van der Waals surface area (Å²) < 4.78 is 12.0. The number of fused-ring (bicyclic) bond motifs is 1. The molecule has 0 bridgehead atoms. The zero-order valence-corrected chi connectivity index (χ0v) is 18.8. The van der Waals surface area contributed by atoms with Gasteiger partial charge in [0, 0.05) is 21.3 Å².